The molecule has 3 atom stereocenters. The van der Waals surface area contributed by atoms with Crippen LogP contribution in [0.4, 0.5) is 0 Å². The van der Waals surface area contributed by atoms with Gasteiger partial charge >= 0.3 is 0 Å². The third-order valence-electron chi connectivity index (χ3n) is 4.47. The van der Waals surface area contributed by atoms with E-state index < -0.39 is 5.60 Å². The molecule has 1 aliphatic rings. The van der Waals surface area contributed by atoms with Crippen molar-refractivity contribution in [1.82, 2.24) is 15.5 Å². The highest BCUT2D eigenvalue weighted by Crippen LogP contribution is 2.23. The smallest absolute Gasteiger partial charge is 0.191 e. The van der Waals surface area contributed by atoms with Gasteiger partial charge < -0.3 is 20.5 Å². The zero-order chi connectivity index (χ0) is 19.0. The molecule has 1 fully saturated rings. The molecule has 1 saturated heterocycles. The number of hydrogen-bond acceptors (Lipinski definition) is 5. The maximum atomic E-state index is 10.6. The van der Waals surface area contributed by atoms with Crippen molar-refractivity contribution in [2.45, 2.75) is 51.9 Å². The van der Waals surface area contributed by atoms with Gasteiger partial charge in [0.25, 0.3) is 0 Å². The van der Waals surface area contributed by atoms with Gasteiger partial charge in [0.05, 0.1) is 18.8 Å². The fourth-order valence-corrected chi connectivity index (χ4v) is 4.00. The summed E-state index contributed by atoms with van der Waals surface area (Å²) in [5, 5.41) is 21.2. The maximum absolute atomic E-state index is 10.6. The second-order valence-corrected chi connectivity index (χ2v) is 8.06. The molecule has 0 bridgehead atoms. The van der Waals surface area contributed by atoms with E-state index in [1.165, 1.54) is 0 Å². The fraction of sp³-hybridized carbons (Fsp3) is 0.737. The molecule has 0 spiro atoms. The van der Waals surface area contributed by atoms with E-state index in [2.05, 4.69) is 34.4 Å². The maximum Gasteiger partial charge on any atom is 0.191 e. The van der Waals surface area contributed by atoms with E-state index in [1.807, 2.05) is 30.7 Å². The van der Waals surface area contributed by atoms with Gasteiger partial charge in [-0.25, -0.2) is 4.99 Å². The van der Waals surface area contributed by atoms with Gasteiger partial charge in [-0.15, -0.1) is 24.0 Å². The lowest BCUT2D eigenvalue weighted by atomic mass is 10.00. The Bertz CT molecular complexity index is 544. The van der Waals surface area contributed by atoms with E-state index in [0.717, 1.165) is 50.7 Å². The van der Waals surface area contributed by atoms with Crippen LogP contribution in [0.15, 0.2) is 21.8 Å². The molecule has 0 amide bonds. The number of nitrogens with one attached hydrogen (secondary N) is 2. The summed E-state index contributed by atoms with van der Waals surface area (Å²) < 4.78 is 5.78. The summed E-state index contributed by atoms with van der Waals surface area (Å²) in [4.78, 5) is 7.03. The minimum Gasteiger partial charge on any atom is -0.383 e. The normalized spacial score (nSPS) is 23.4. The number of rotatable bonds is 8. The molecule has 6 nitrogen and oxygen atoms in total. The predicted molar refractivity (Wildman–Crippen MR) is 124 cm³/mol. The first-order valence-electron chi connectivity index (χ1n) is 9.55. The molecule has 27 heavy (non-hydrogen) atoms. The Kier molecular flexibility index (Phi) is 11.1. The van der Waals surface area contributed by atoms with Crippen molar-refractivity contribution < 1.29 is 9.84 Å². The summed E-state index contributed by atoms with van der Waals surface area (Å²) in [5.74, 6) is 0.756. The first-order chi connectivity index (χ1) is 12.4. The summed E-state index contributed by atoms with van der Waals surface area (Å²) in [5.41, 5.74) is -0.0275. The van der Waals surface area contributed by atoms with Crippen molar-refractivity contribution >= 4 is 41.3 Å². The summed E-state index contributed by atoms with van der Waals surface area (Å²) in [7, 11) is 0. The molecule has 0 radical (unpaired) electrons. The summed E-state index contributed by atoms with van der Waals surface area (Å²) in [6, 6.07) is 1.95. The van der Waals surface area contributed by atoms with Crippen LogP contribution in [0, 0.1) is 0 Å². The quantitative estimate of drug-likeness (QED) is 0.217. The van der Waals surface area contributed by atoms with Crippen LogP contribution < -0.4 is 10.6 Å². The second-order valence-electron chi connectivity index (χ2n) is 7.28. The number of ether oxygens (including phenoxy) is 1. The predicted octanol–water partition coefficient (Wildman–Crippen LogP) is 2.63. The summed E-state index contributed by atoms with van der Waals surface area (Å²) in [6.07, 6.45) is 1.67. The average molecular weight is 510 g/mol. The van der Waals surface area contributed by atoms with Crippen molar-refractivity contribution in [2.75, 3.05) is 39.3 Å². The van der Waals surface area contributed by atoms with Crippen LogP contribution in [0.25, 0.3) is 0 Å². The molecule has 1 aliphatic heterocycles. The molecule has 156 valence electrons. The van der Waals surface area contributed by atoms with Crippen molar-refractivity contribution in [2.24, 2.45) is 4.99 Å². The zero-order valence-electron chi connectivity index (χ0n) is 16.9. The van der Waals surface area contributed by atoms with Crippen molar-refractivity contribution in [1.29, 1.82) is 0 Å². The molecule has 3 unspecified atom stereocenters. The lowest BCUT2D eigenvalue weighted by Crippen LogP contribution is -2.46. The molecule has 2 heterocycles. The van der Waals surface area contributed by atoms with Gasteiger partial charge in [0.15, 0.2) is 5.96 Å². The van der Waals surface area contributed by atoms with E-state index in [-0.39, 0.29) is 24.0 Å². The second kappa shape index (κ2) is 12.2. The SMILES string of the molecule is CCNC(=NCC(C)(O)c1ccsc1)NCCCN1CC(C)OC(C)C1.I. The van der Waals surface area contributed by atoms with Gasteiger partial charge in [0.1, 0.15) is 5.60 Å². The standard InChI is InChI=1S/C19H34N4O2S.HI/c1-5-20-18(22-14-19(4,24)17-7-10-26-13-17)21-8-6-9-23-11-15(2)25-16(3)12-23;/h7,10,13,15-16,24H,5-6,8-9,11-12,14H2,1-4H3,(H2,20,21,22);1H. The Hall–Kier alpha value is -0.420. The van der Waals surface area contributed by atoms with Crippen LogP contribution in [-0.2, 0) is 10.3 Å². The molecule has 3 N–H and O–H groups in total. The molecule has 1 aromatic rings. The molecular formula is C19H35IN4O2S. The highest BCUT2D eigenvalue weighted by atomic mass is 127. The molecule has 0 aromatic carbocycles. The Morgan fingerprint density at radius 3 is 2.67 bits per heavy atom. The highest BCUT2D eigenvalue weighted by Gasteiger charge is 2.23. The first-order valence-corrected chi connectivity index (χ1v) is 10.5. The summed E-state index contributed by atoms with van der Waals surface area (Å²) >= 11 is 1.59. The number of hydrogen-bond donors (Lipinski definition) is 3. The van der Waals surface area contributed by atoms with E-state index in [0.29, 0.717) is 18.8 Å². The van der Waals surface area contributed by atoms with Gasteiger partial charge in [0, 0.05) is 32.7 Å². The fourth-order valence-electron chi connectivity index (χ4n) is 3.21. The molecule has 8 heteroatoms. The van der Waals surface area contributed by atoms with Crippen LogP contribution in [-0.4, -0.2) is 67.4 Å². The van der Waals surface area contributed by atoms with Crippen LogP contribution in [0.1, 0.15) is 39.7 Å². The van der Waals surface area contributed by atoms with Gasteiger partial charge in [-0.2, -0.15) is 11.3 Å². The van der Waals surface area contributed by atoms with E-state index in [1.54, 1.807) is 11.3 Å². The van der Waals surface area contributed by atoms with Crippen LogP contribution in [0.3, 0.4) is 0 Å². The molecule has 2 rings (SSSR count). The number of nitrogens with zero attached hydrogens (tertiary/aromatic N) is 2. The average Bonchev–Trinajstić information content (AvgIpc) is 3.11. The van der Waals surface area contributed by atoms with E-state index >= 15 is 0 Å². The number of thiophene rings is 1. The number of halogens is 1. The van der Waals surface area contributed by atoms with Crippen LogP contribution in [0.2, 0.25) is 0 Å². The third kappa shape index (κ3) is 8.64. The lowest BCUT2D eigenvalue weighted by molar-refractivity contribution is -0.0679. The van der Waals surface area contributed by atoms with E-state index in [4.69, 9.17) is 4.74 Å². The number of aliphatic hydroxyl groups is 1. The Morgan fingerprint density at radius 2 is 2.07 bits per heavy atom. The van der Waals surface area contributed by atoms with Crippen LogP contribution in [0.5, 0.6) is 0 Å². The molecule has 0 saturated carbocycles. The Balaban J connectivity index is 0.00000364. The van der Waals surface area contributed by atoms with Gasteiger partial charge in [-0.05, 0) is 56.5 Å². The lowest BCUT2D eigenvalue weighted by Gasteiger charge is -2.35. The Labute approximate surface area is 184 Å². The number of aliphatic imine (C=N–C) groups is 1. The highest BCUT2D eigenvalue weighted by molar-refractivity contribution is 14.0. The van der Waals surface area contributed by atoms with Crippen molar-refractivity contribution in [3.8, 4) is 0 Å². The van der Waals surface area contributed by atoms with Crippen LogP contribution >= 0.6 is 35.3 Å². The zero-order valence-corrected chi connectivity index (χ0v) is 20.0. The minimum atomic E-state index is -0.942. The Morgan fingerprint density at radius 1 is 1.37 bits per heavy atom. The number of guanidine groups is 1. The molecule has 0 aliphatic carbocycles. The number of morpholine rings is 1. The van der Waals surface area contributed by atoms with Gasteiger partial charge in [-0.1, -0.05) is 0 Å². The first kappa shape index (κ1) is 24.6. The molecular weight excluding hydrogens is 475 g/mol. The summed E-state index contributed by atoms with van der Waals surface area (Å²) in [6.45, 7) is 13.2. The van der Waals surface area contributed by atoms with Gasteiger partial charge in [-0.3, -0.25) is 4.90 Å². The van der Waals surface area contributed by atoms with Gasteiger partial charge in [0.2, 0.25) is 0 Å². The minimum absolute atomic E-state index is 0. The molecule has 1 aromatic heterocycles. The van der Waals surface area contributed by atoms with E-state index in [9.17, 15) is 5.11 Å². The topological polar surface area (TPSA) is 69.1 Å². The van der Waals surface area contributed by atoms with Crippen molar-refractivity contribution in [3.63, 3.8) is 0 Å². The third-order valence-corrected chi connectivity index (χ3v) is 5.15. The van der Waals surface area contributed by atoms with Crippen molar-refractivity contribution in [3.05, 3.63) is 22.4 Å². The monoisotopic (exact) mass is 510 g/mol. The largest absolute Gasteiger partial charge is 0.383 e.